The van der Waals surface area contributed by atoms with Gasteiger partial charge in [-0.1, -0.05) is 50.6 Å². The number of nitrogens with zero attached hydrogens (tertiary/aromatic N) is 3. The molecule has 2 aromatic carbocycles. The average molecular weight is 550 g/mol. The number of ether oxygens (including phenoxy) is 1. The minimum atomic E-state index is -0.288. The molecule has 39 heavy (non-hydrogen) atoms. The molecule has 3 heterocycles. The summed E-state index contributed by atoms with van der Waals surface area (Å²) in [5.41, 5.74) is 2.02. The van der Waals surface area contributed by atoms with E-state index in [1.165, 1.54) is 5.56 Å². The molecule has 2 N–H and O–H groups in total. The number of benzene rings is 2. The summed E-state index contributed by atoms with van der Waals surface area (Å²) in [5, 5.41) is 8.00. The van der Waals surface area contributed by atoms with E-state index in [0.717, 1.165) is 81.4 Å². The number of methoxy groups -OCH3 is 1. The number of carbonyl (C=O) groups is 1. The smallest absolute Gasteiger partial charge is 0.241 e. The Hall–Kier alpha value is -2.68. The maximum atomic E-state index is 13.9. The van der Waals surface area contributed by atoms with Crippen LogP contribution in [-0.4, -0.2) is 76.8 Å². The van der Waals surface area contributed by atoms with Crippen molar-refractivity contribution in [2.75, 3.05) is 38.6 Å². The monoisotopic (exact) mass is 549 g/mol. The van der Waals surface area contributed by atoms with E-state index < -0.39 is 0 Å². The van der Waals surface area contributed by atoms with Gasteiger partial charge in [-0.05, 0) is 60.8 Å². The standard InChI is InChI=1S/C31H43N5O2S/c1-4-23(2)28-29(37)36(26-14-18-34(19-15-26)22-24-8-6-5-7-9-24)31(33-28)16-20-35(21-17-31)30(39)32-25-10-12-27(38-3)13-11-25/h5-13,23,26,28,33H,4,14-22H2,1-3H3,(H,32,39)/t23-,28+/m1/s1. The fourth-order valence-corrected chi connectivity index (χ4v) is 6.75. The summed E-state index contributed by atoms with van der Waals surface area (Å²) in [6.07, 6.45) is 4.79. The molecule has 0 bridgehead atoms. The molecule has 3 saturated heterocycles. The Kier molecular flexibility index (Phi) is 8.74. The topological polar surface area (TPSA) is 60.1 Å². The number of likely N-dealkylation sites (tertiary alicyclic amines) is 2. The molecule has 3 aliphatic rings. The Bertz CT molecular complexity index is 1110. The van der Waals surface area contributed by atoms with Crippen LogP contribution in [0.3, 0.4) is 0 Å². The zero-order valence-corrected chi connectivity index (χ0v) is 24.4. The molecule has 1 amide bonds. The fourth-order valence-electron chi connectivity index (χ4n) is 6.45. The molecule has 2 aromatic rings. The van der Waals surface area contributed by atoms with E-state index >= 15 is 0 Å². The number of piperidine rings is 2. The molecule has 0 radical (unpaired) electrons. The van der Waals surface area contributed by atoms with E-state index in [2.05, 4.69) is 69.5 Å². The van der Waals surface area contributed by atoms with Crippen LogP contribution in [-0.2, 0) is 11.3 Å². The van der Waals surface area contributed by atoms with E-state index in [9.17, 15) is 4.79 Å². The van der Waals surface area contributed by atoms with E-state index in [1.807, 2.05) is 24.3 Å². The van der Waals surface area contributed by atoms with Crippen molar-refractivity contribution in [1.82, 2.24) is 20.0 Å². The molecule has 8 heteroatoms. The molecule has 0 saturated carbocycles. The molecule has 5 rings (SSSR count). The predicted octanol–water partition coefficient (Wildman–Crippen LogP) is 4.70. The van der Waals surface area contributed by atoms with Gasteiger partial charge in [0.25, 0.3) is 0 Å². The zero-order valence-electron chi connectivity index (χ0n) is 23.6. The number of carbonyl (C=O) groups excluding carboxylic acids is 1. The summed E-state index contributed by atoms with van der Waals surface area (Å²) < 4.78 is 5.27. The lowest BCUT2D eigenvalue weighted by molar-refractivity contribution is -0.138. The quantitative estimate of drug-likeness (QED) is 0.486. The van der Waals surface area contributed by atoms with E-state index in [-0.39, 0.29) is 17.7 Å². The minimum absolute atomic E-state index is 0.103. The lowest BCUT2D eigenvalue weighted by atomic mass is 9.92. The second-order valence-electron chi connectivity index (χ2n) is 11.4. The summed E-state index contributed by atoms with van der Waals surface area (Å²) in [6.45, 7) is 9.05. The molecule has 7 nitrogen and oxygen atoms in total. The Labute approximate surface area is 238 Å². The van der Waals surface area contributed by atoms with Crippen molar-refractivity contribution < 1.29 is 9.53 Å². The van der Waals surface area contributed by atoms with Gasteiger partial charge in [-0.3, -0.25) is 15.0 Å². The Morgan fingerprint density at radius 2 is 1.74 bits per heavy atom. The van der Waals surface area contributed by atoms with Gasteiger partial charge >= 0.3 is 0 Å². The molecular formula is C31H43N5O2S. The second-order valence-corrected chi connectivity index (χ2v) is 11.8. The normalized spacial score (nSPS) is 22.7. The first-order chi connectivity index (χ1) is 18.9. The molecule has 210 valence electrons. The first kappa shape index (κ1) is 27.9. The van der Waals surface area contributed by atoms with Gasteiger partial charge in [-0.2, -0.15) is 0 Å². The Morgan fingerprint density at radius 3 is 2.36 bits per heavy atom. The third-order valence-electron chi connectivity index (χ3n) is 8.99. The average Bonchev–Trinajstić information content (AvgIpc) is 3.25. The predicted molar refractivity (Wildman–Crippen MR) is 161 cm³/mol. The van der Waals surface area contributed by atoms with Crippen LogP contribution in [0.4, 0.5) is 5.69 Å². The highest BCUT2D eigenvalue weighted by Gasteiger charge is 2.55. The molecule has 3 fully saturated rings. The maximum absolute atomic E-state index is 13.9. The highest BCUT2D eigenvalue weighted by atomic mass is 32.1. The van der Waals surface area contributed by atoms with Crippen LogP contribution in [0.15, 0.2) is 54.6 Å². The van der Waals surface area contributed by atoms with Crippen molar-refractivity contribution >= 4 is 28.9 Å². The minimum Gasteiger partial charge on any atom is -0.497 e. The van der Waals surface area contributed by atoms with Gasteiger partial charge in [0.05, 0.1) is 18.8 Å². The highest BCUT2D eigenvalue weighted by Crippen LogP contribution is 2.39. The van der Waals surface area contributed by atoms with Crippen LogP contribution < -0.4 is 15.4 Å². The van der Waals surface area contributed by atoms with Gasteiger partial charge in [0, 0.05) is 57.3 Å². The molecular weight excluding hydrogens is 506 g/mol. The maximum Gasteiger partial charge on any atom is 0.241 e. The van der Waals surface area contributed by atoms with Crippen molar-refractivity contribution in [3.8, 4) is 5.75 Å². The van der Waals surface area contributed by atoms with Gasteiger partial charge < -0.3 is 19.9 Å². The van der Waals surface area contributed by atoms with Gasteiger partial charge in [-0.25, -0.2) is 0 Å². The Balaban J connectivity index is 1.24. The molecule has 0 aromatic heterocycles. The van der Waals surface area contributed by atoms with Gasteiger partial charge in [0.2, 0.25) is 5.91 Å². The van der Waals surface area contributed by atoms with E-state index in [4.69, 9.17) is 17.0 Å². The zero-order chi connectivity index (χ0) is 27.4. The summed E-state index contributed by atoms with van der Waals surface area (Å²) in [5.74, 6) is 1.44. The van der Waals surface area contributed by atoms with E-state index in [1.54, 1.807) is 7.11 Å². The fraction of sp³-hybridized carbons (Fsp3) is 0.548. The SMILES string of the molecule is CC[C@@H](C)[C@@H]1NC2(CCN(C(=S)Nc3ccc(OC)cc3)CC2)N(C2CCN(Cc3ccccc3)CC2)C1=O. The van der Waals surface area contributed by atoms with Crippen molar-refractivity contribution in [3.05, 3.63) is 60.2 Å². The summed E-state index contributed by atoms with van der Waals surface area (Å²) in [4.78, 5) is 21.0. The molecule has 0 unspecified atom stereocenters. The van der Waals surface area contributed by atoms with Gasteiger partial charge in [0.1, 0.15) is 5.75 Å². The number of anilines is 1. The summed E-state index contributed by atoms with van der Waals surface area (Å²) in [7, 11) is 1.67. The van der Waals surface area contributed by atoms with Gasteiger partial charge in [0.15, 0.2) is 5.11 Å². The van der Waals surface area contributed by atoms with Crippen LogP contribution in [0.25, 0.3) is 0 Å². The number of rotatable bonds is 7. The largest absolute Gasteiger partial charge is 0.497 e. The van der Waals surface area contributed by atoms with Crippen LogP contribution >= 0.6 is 12.2 Å². The van der Waals surface area contributed by atoms with Crippen molar-refractivity contribution in [1.29, 1.82) is 0 Å². The van der Waals surface area contributed by atoms with E-state index in [0.29, 0.717) is 11.8 Å². The number of hydrogen-bond acceptors (Lipinski definition) is 5. The third kappa shape index (κ3) is 6.08. The summed E-state index contributed by atoms with van der Waals surface area (Å²) in [6, 6.07) is 18.7. The number of amides is 1. The Morgan fingerprint density at radius 1 is 1.08 bits per heavy atom. The third-order valence-corrected chi connectivity index (χ3v) is 9.35. The highest BCUT2D eigenvalue weighted by molar-refractivity contribution is 7.80. The first-order valence-electron chi connectivity index (χ1n) is 14.5. The lowest BCUT2D eigenvalue weighted by Gasteiger charge is -2.49. The number of hydrogen-bond donors (Lipinski definition) is 2. The van der Waals surface area contributed by atoms with Crippen molar-refractivity contribution in [2.24, 2.45) is 5.92 Å². The van der Waals surface area contributed by atoms with Crippen LogP contribution in [0.1, 0.15) is 51.5 Å². The second kappa shape index (κ2) is 12.2. The van der Waals surface area contributed by atoms with Gasteiger partial charge in [-0.15, -0.1) is 0 Å². The number of thiocarbonyl (C=S) groups is 1. The molecule has 1 spiro atoms. The van der Waals surface area contributed by atoms with Crippen LogP contribution in [0.2, 0.25) is 0 Å². The van der Waals surface area contributed by atoms with Crippen LogP contribution in [0, 0.1) is 5.92 Å². The number of nitrogens with one attached hydrogen (secondary N) is 2. The first-order valence-corrected chi connectivity index (χ1v) is 14.9. The lowest BCUT2D eigenvalue weighted by Crippen LogP contribution is -2.63. The molecule has 0 aliphatic carbocycles. The van der Waals surface area contributed by atoms with Crippen LogP contribution in [0.5, 0.6) is 5.75 Å². The molecule has 2 atom stereocenters. The van der Waals surface area contributed by atoms with Crippen molar-refractivity contribution in [2.45, 2.75) is 70.2 Å². The molecule has 3 aliphatic heterocycles. The van der Waals surface area contributed by atoms with Crippen molar-refractivity contribution in [3.63, 3.8) is 0 Å². The summed E-state index contributed by atoms with van der Waals surface area (Å²) >= 11 is 5.79.